The van der Waals surface area contributed by atoms with Gasteiger partial charge in [0.2, 0.25) is 0 Å². The van der Waals surface area contributed by atoms with Gasteiger partial charge >= 0.3 is 0 Å². The number of carbonyl (C=O) groups excluding carboxylic acids is 2. The molecular formula is C19H24N4O3. The molecule has 1 atom stereocenters. The van der Waals surface area contributed by atoms with E-state index < -0.39 is 17.4 Å². The molecule has 1 aromatic carbocycles. The number of fused-ring (bicyclic) bond motifs is 1. The van der Waals surface area contributed by atoms with Gasteiger partial charge in [-0.05, 0) is 45.4 Å². The van der Waals surface area contributed by atoms with Crippen LogP contribution in [0.15, 0.2) is 18.2 Å². The zero-order valence-corrected chi connectivity index (χ0v) is 16.0. The van der Waals surface area contributed by atoms with E-state index in [9.17, 15) is 9.59 Å². The van der Waals surface area contributed by atoms with E-state index in [1.54, 1.807) is 17.8 Å². The summed E-state index contributed by atoms with van der Waals surface area (Å²) in [5, 5.41) is 7.17. The van der Waals surface area contributed by atoms with Gasteiger partial charge in [-0.3, -0.25) is 14.3 Å². The van der Waals surface area contributed by atoms with Crippen LogP contribution in [0, 0.1) is 20.8 Å². The van der Waals surface area contributed by atoms with Crippen molar-refractivity contribution >= 4 is 17.5 Å². The number of hydrogen-bond donors (Lipinski definition) is 1. The minimum absolute atomic E-state index is 0.293. The molecule has 1 N–H and O–H groups in total. The fourth-order valence-electron chi connectivity index (χ4n) is 3.22. The molecule has 1 aliphatic rings. The lowest BCUT2D eigenvalue weighted by Gasteiger charge is -2.38. The fraction of sp³-hybridized carbons (Fsp3) is 0.421. The third-order valence-electron chi connectivity index (χ3n) is 5.02. The number of nitrogens with zero attached hydrogens (tertiary/aromatic N) is 3. The maximum absolute atomic E-state index is 12.8. The molecule has 0 bridgehead atoms. The molecule has 1 aliphatic heterocycles. The van der Waals surface area contributed by atoms with Crippen LogP contribution < -0.4 is 15.0 Å². The van der Waals surface area contributed by atoms with Crippen LogP contribution in [0.4, 0.5) is 5.69 Å². The summed E-state index contributed by atoms with van der Waals surface area (Å²) in [6, 6.07) is 5.55. The minimum atomic E-state index is -1.61. The van der Waals surface area contributed by atoms with E-state index in [2.05, 4.69) is 10.4 Å². The molecule has 1 unspecified atom stereocenters. The predicted octanol–water partition coefficient (Wildman–Crippen LogP) is 1.78. The molecule has 2 amide bonds. The van der Waals surface area contributed by atoms with Crippen molar-refractivity contribution in [1.82, 2.24) is 15.1 Å². The number of carbonyl (C=O) groups is 2. The topological polar surface area (TPSA) is 76.5 Å². The van der Waals surface area contributed by atoms with Gasteiger partial charge < -0.3 is 15.0 Å². The maximum Gasteiger partial charge on any atom is 0.280 e. The van der Waals surface area contributed by atoms with Crippen molar-refractivity contribution in [2.24, 2.45) is 7.05 Å². The summed E-state index contributed by atoms with van der Waals surface area (Å²) in [7, 11) is 3.51. The number of anilines is 1. The second-order valence-electron chi connectivity index (χ2n) is 6.93. The van der Waals surface area contributed by atoms with Crippen LogP contribution in [0.25, 0.3) is 0 Å². The largest absolute Gasteiger partial charge is 0.466 e. The molecule has 0 fully saturated rings. The van der Waals surface area contributed by atoms with Crippen LogP contribution in [-0.4, -0.2) is 34.2 Å². The minimum Gasteiger partial charge on any atom is -0.466 e. The SMILES string of the molecule is Cc1ccc2c(c1)N(C)C(=O)C(C)(C(=O)NCc1c(C)nn(C)c1C)O2. The Bertz CT molecular complexity index is 902. The molecule has 7 nitrogen and oxygen atoms in total. The van der Waals surface area contributed by atoms with Crippen molar-refractivity contribution in [3.05, 3.63) is 40.7 Å². The van der Waals surface area contributed by atoms with E-state index >= 15 is 0 Å². The molecule has 3 rings (SSSR count). The molecule has 0 saturated carbocycles. The van der Waals surface area contributed by atoms with Gasteiger partial charge in [-0.1, -0.05) is 6.07 Å². The Balaban J connectivity index is 1.84. The number of hydrogen-bond acceptors (Lipinski definition) is 4. The van der Waals surface area contributed by atoms with Crippen molar-refractivity contribution in [2.75, 3.05) is 11.9 Å². The van der Waals surface area contributed by atoms with Crippen LogP contribution in [0.3, 0.4) is 0 Å². The number of benzene rings is 1. The lowest BCUT2D eigenvalue weighted by Crippen LogP contribution is -2.61. The van der Waals surface area contributed by atoms with Crippen molar-refractivity contribution in [2.45, 2.75) is 39.8 Å². The first kappa shape index (κ1) is 18.0. The van der Waals surface area contributed by atoms with Gasteiger partial charge in [0.1, 0.15) is 5.75 Å². The van der Waals surface area contributed by atoms with Crippen molar-refractivity contribution in [1.29, 1.82) is 0 Å². The van der Waals surface area contributed by atoms with Crippen molar-refractivity contribution in [3.63, 3.8) is 0 Å². The highest BCUT2D eigenvalue weighted by Gasteiger charge is 2.49. The lowest BCUT2D eigenvalue weighted by atomic mass is 9.99. The first-order valence-corrected chi connectivity index (χ1v) is 8.50. The smallest absolute Gasteiger partial charge is 0.280 e. The summed E-state index contributed by atoms with van der Waals surface area (Å²) >= 11 is 0. The number of amides is 2. The van der Waals surface area contributed by atoms with E-state index in [0.717, 1.165) is 22.5 Å². The monoisotopic (exact) mass is 356 g/mol. The Kier molecular flexibility index (Phi) is 4.26. The highest BCUT2D eigenvalue weighted by Crippen LogP contribution is 2.37. The Hall–Kier alpha value is -2.83. The van der Waals surface area contributed by atoms with Gasteiger partial charge in [-0.25, -0.2) is 0 Å². The molecule has 0 aliphatic carbocycles. The quantitative estimate of drug-likeness (QED) is 0.851. The highest BCUT2D eigenvalue weighted by atomic mass is 16.5. The van der Waals surface area contributed by atoms with Gasteiger partial charge in [-0.2, -0.15) is 5.10 Å². The van der Waals surface area contributed by atoms with E-state index in [4.69, 9.17) is 4.74 Å². The number of likely N-dealkylation sites (N-methyl/N-ethyl adjacent to an activating group) is 1. The fourth-order valence-corrected chi connectivity index (χ4v) is 3.22. The first-order chi connectivity index (χ1) is 12.1. The number of ether oxygens (including phenoxy) is 1. The first-order valence-electron chi connectivity index (χ1n) is 8.50. The number of aromatic nitrogens is 2. The van der Waals surface area contributed by atoms with Crippen LogP contribution in [-0.2, 0) is 23.2 Å². The standard InChI is InChI=1S/C19H24N4O3/c1-11-7-8-16-15(9-11)22(5)18(25)19(4,26-16)17(24)20-10-14-12(2)21-23(6)13(14)3/h7-9H,10H2,1-6H3,(H,20,24). The summed E-state index contributed by atoms with van der Waals surface area (Å²) in [6.45, 7) is 7.58. The van der Waals surface area contributed by atoms with Crippen LogP contribution in [0.2, 0.25) is 0 Å². The van der Waals surface area contributed by atoms with Gasteiger partial charge in [0, 0.05) is 31.9 Å². The van der Waals surface area contributed by atoms with E-state index in [0.29, 0.717) is 18.0 Å². The summed E-state index contributed by atoms with van der Waals surface area (Å²) in [4.78, 5) is 27.2. The molecule has 0 spiro atoms. The number of nitrogens with one attached hydrogen (secondary N) is 1. The molecule has 26 heavy (non-hydrogen) atoms. The van der Waals surface area contributed by atoms with E-state index in [1.807, 2.05) is 40.0 Å². The molecule has 2 heterocycles. The molecule has 1 aromatic heterocycles. The number of aryl methyl sites for hydroxylation is 3. The summed E-state index contributed by atoms with van der Waals surface area (Å²) in [5.41, 5.74) is 2.84. The van der Waals surface area contributed by atoms with Crippen LogP contribution >= 0.6 is 0 Å². The van der Waals surface area contributed by atoms with Crippen molar-refractivity contribution in [3.8, 4) is 5.75 Å². The predicted molar refractivity (Wildman–Crippen MR) is 98.2 cm³/mol. The Morgan fingerprint density at radius 3 is 2.58 bits per heavy atom. The number of rotatable bonds is 3. The zero-order valence-electron chi connectivity index (χ0n) is 16.0. The lowest BCUT2D eigenvalue weighted by molar-refractivity contribution is -0.148. The van der Waals surface area contributed by atoms with Crippen LogP contribution in [0.5, 0.6) is 5.75 Å². The highest BCUT2D eigenvalue weighted by molar-refractivity contribution is 6.16. The van der Waals surface area contributed by atoms with E-state index in [1.165, 1.54) is 11.8 Å². The third-order valence-corrected chi connectivity index (χ3v) is 5.02. The Labute approximate surface area is 152 Å². The zero-order chi connectivity index (χ0) is 19.2. The molecule has 0 saturated heterocycles. The molecule has 2 aromatic rings. The van der Waals surface area contributed by atoms with Gasteiger partial charge in [0.25, 0.3) is 17.4 Å². The normalized spacial score (nSPS) is 19.2. The summed E-state index contributed by atoms with van der Waals surface area (Å²) in [5.74, 6) is -0.347. The molecular weight excluding hydrogens is 332 g/mol. The molecule has 7 heteroatoms. The molecule has 0 radical (unpaired) electrons. The summed E-state index contributed by atoms with van der Waals surface area (Å²) in [6.07, 6.45) is 0. The summed E-state index contributed by atoms with van der Waals surface area (Å²) < 4.78 is 7.62. The Morgan fingerprint density at radius 2 is 1.96 bits per heavy atom. The molecule has 138 valence electrons. The maximum atomic E-state index is 12.8. The third kappa shape index (κ3) is 2.73. The van der Waals surface area contributed by atoms with E-state index in [-0.39, 0.29) is 0 Å². The van der Waals surface area contributed by atoms with Crippen LogP contribution in [0.1, 0.15) is 29.4 Å². The second-order valence-corrected chi connectivity index (χ2v) is 6.93. The van der Waals surface area contributed by atoms with Gasteiger partial charge in [-0.15, -0.1) is 0 Å². The van der Waals surface area contributed by atoms with Gasteiger partial charge in [0.15, 0.2) is 0 Å². The van der Waals surface area contributed by atoms with Crippen molar-refractivity contribution < 1.29 is 14.3 Å². The average molecular weight is 356 g/mol. The average Bonchev–Trinajstić information content (AvgIpc) is 2.84. The van der Waals surface area contributed by atoms with Gasteiger partial charge in [0.05, 0.1) is 11.4 Å². The Morgan fingerprint density at radius 1 is 1.27 bits per heavy atom. The second kappa shape index (κ2) is 6.16.